The van der Waals surface area contributed by atoms with Crippen molar-refractivity contribution in [2.24, 2.45) is 5.92 Å². The van der Waals surface area contributed by atoms with Crippen molar-refractivity contribution < 1.29 is 14.3 Å². The van der Waals surface area contributed by atoms with Gasteiger partial charge in [-0.3, -0.25) is 4.79 Å². The first-order chi connectivity index (χ1) is 12.0. The van der Waals surface area contributed by atoms with Crippen LogP contribution in [0, 0.1) is 17.2 Å². The average molecular weight is 338 g/mol. The van der Waals surface area contributed by atoms with Crippen molar-refractivity contribution in [1.29, 1.82) is 5.26 Å². The highest BCUT2D eigenvalue weighted by Gasteiger charge is 2.26. The zero-order chi connectivity index (χ0) is 18.4. The van der Waals surface area contributed by atoms with Crippen LogP contribution in [-0.2, 0) is 4.79 Å². The maximum absolute atomic E-state index is 12.9. The van der Waals surface area contributed by atoms with E-state index in [4.69, 9.17) is 9.47 Å². The second-order valence-corrected chi connectivity index (χ2v) is 5.98. The molecule has 0 spiro atoms. The van der Waals surface area contributed by atoms with E-state index in [1.165, 1.54) is 0 Å². The van der Waals surface area contributed by atoms with Gasteiger partial charge >= 0.3 is 0 Å². The highest BCUT2D eigenvalue weighted by atomic mass is 16.5. The smallest absolute Gasteiger partial charge is 0.232 e. The van der Waals surface area contributed by atoms with Gasteiger partial charge in [0.25, 0.3) is 0 Å². The van der Waals surface area contributed by atoms with Gasteiger partial charge in [-0.05, 0) is 35.7 Å². The van der Waals surface area contributed by atoms with Crippen molar-refractivity contribution in [3.05, 3.63) is 53.6 Å². The molecular formula is C20H22N2O3. The molecule has 0 aliphatic heterocycles. The number of benzene rings is 2. The number of para-hydroxylation sites is 1. The summed E-state index contributed by atoms with van der Waals surface area (Å²) in [5.74, 6) is 0.712. The second kappa shape index (κ2) is 8.20. The molecule has 2 rings (SSSR count). The second-order valence-electron chi connectivity index (χ2n) is 5.98. The number of methoxy groups -OCH3 is 2. The van der Waals surface area contributed by atoms with Gasteiger partial charge in [-0.15, -0.1) is 0 Å². The molecule has 0 saturated carbocycles. The van der Waals surface area contributed by atoms with E-state index in [0.29, 0.717) is 22.7 Å². The molecular weight excluding hydrogens is 316 g/mol. The molecule has 5 heteroatoms. The minimum atomic E-state index is -0.383. The Kier molecular flexibility index (Phi) is 6.02. The van der Waals surface area contributed by atoms with Gasteiger partial charge in [0.15, 0.2) is 11.5 Å². The van der Waals surface area contributed by atoms with Crippen molar-refractivity contribution in [2.75, 3.05) is 19.5 Å². The number of nitrogens with zero attached hydrogens (tertiary/aromatic N) is 1. The van der Waals surface area contributed by atoms with Crippen LogP contribution in [0.2, 0.25) is 0 Å². The first kappa shape index (κ1) is 18.3. The molecule has 0 saturated heterocycles. The van der Waals surface area contributed by atoms with Crippen molar-refractivity contribution in [2.45, 2.75) is 19.8 Å². The molecule has 2 aromatic rings. The van der Waals surface area contributed by atoms with Crippen LogP contribution in [0.15, 0.2) is 42.5 Å². The number of carbonyl (C=O) groups is 1. The van der Waals surface area contributed by atoms with Gasteiger partial charge < -0.3 is 14.8 Å². The fourth-order valence-corrected chi connectivity index (χ4v) is 2.79. The van der Waals surface area contributed by atoms with E-state index >= 15 is 0 Å². The number of rotatable bonds is 6. The lowest BCUT2D eigenvalue weighted by Gasteiger charge is -2.22. The van der Waals surface area contributed by atoms with Crippen LogP contribution < -0.4 is 14.8 Å². The summed E-state index contributed by atoms with van der Waals surface area (Å²) < 4.78 is 10.6. The molecule has 0 radical (unpaired) electrons. The molecule has 0 bridgehead atoms. The van der Waals surface area contributed by atoms with Crippen LogP contribution in [-0.4, -0.2) is 20.1 Å². The minimum absolute atomic E-state index is 0.0624. The third-order valence-corrected chi connectivity index (χ3v) is 4.02. The number of anilines is 1. The normalized spacial score (nSPS) is 11.5. The molecule has 130 valence electrons. The maximum Gasteiger partial charge on any atom is 0.232 e. The molecule has 0 aliphatic carbocycles. The summed E-state index contributed by atoms with van der Waals surface area (Å²) in [7, 11) is 3.14. The Morgan fingerprint density at radius 2 is 1.76 bits per heavy atom. The van der Waals surface area contributed by atoms with Gasteiger partial charge in [0.05, 0.1) is 31.4 Å². The summed E-state index contributed by atoms with van der Waals surface area (Å²) in [6, 6.07) is 14.5. The standard InChI is InChI=1S/C20H22N2O3/c1-13(2)19(14-9-10-17(24-3)18(11-14)25-4)20(23)22-16-8-6-5-7-15(16)12-21/h5-11,13,19H,1-4H3,(H,22,23). The van der Waals surface area contributed by atoms with E-state index in [2.05, 4.69) is 11.4 Å². The molecule has 0 aromatic heterocycles. The highest BCUT2D eigenvalue weighted by molar-refractivity contribution is 5.97. The third kappa shape index (κ3) is 4.10. The molecule has 25 heavy (non-hydrogen) atoms. The van der Waals surface area contributed by atoms with Gasteiger partial charge in [-0.25, -0.2) is 0 Å². The Labute approximate surface area is 148 Å². The molecule has 1 atom stereocenters. The molecule has 1 unspecified atom stereocenters. The van der Waals surface area contributed by atoms with Crippen LogP contribution in [0.25, 0.3) is 0 Å². The Morgan fingerprint density at radius 3 is 2.36 bits per heavy atom. The Balaban J connectivity index is 2.35. The number of hydrogen-bond acceptors (Lipinski definition) is 4. The van der Waals surface area contributed by atoms with Crippen LogP contribution in [0.4, 0.5) is 5.69 Å². The van der Waals surface area contributed by atoms with Crippen LogP contribution in [0.3, 0.4) is 0 Å². The zero-order valence-electron chi connectivity index (χ0n) is 14.9. The largest absolute Gasteiger partial charge is 0.493 e. The SMILES string of the molecule is COc1ccc(C(C(=O)Nc2ccccc2C#N)C(C)C)cc1OC. The number of nitrogens with one attached hydrogen (secondary N) is 1. The lowest BCUT2D eigenvalue weighted by molar-refractivity contribution is -0.118. The summed E-state index contributed by atoms with van der Waals surface area (Å²) in [5.41, 5.74) is 1.78. The van der Waals surface area contributed by atoms with E-state index < -0.39 is 0 Å². The van der Waals surface area contributed by atoms with E-state index in [-0.39, 0.29) is 17.7 Å². The average Bonchev–Trinajstić information content (AvgIpc) is 2.61. The van der Waals surface area contributed by atoms with Crippen LogP contribution in [0.5, 0.6) is 11.5 Å². The van der Waals surface area contributed by atoms with Crippen molar-refractivity contribution in [1.82, 2.24) is 0 Å². The highest BCUT2D eigenvalue weighted by Crippen LogP contribution is 2.34. The molecule has 0 aliphatic rings. The van der Waals surface area contributed by atoms with Crippen LogP contribution in [0.1, 0.15) is 30.9 Å². The molecule has 0 fully saturated rings. The van der Waals surface area contributed by atoms with Gasteiger partial charge in [0, 0.05) is 0 Å². The van der Waals surface area contributed by atoms with Gasteiger partial charge in [-0.2, -0.15) is 5.26 Å². The number of carbonyl (C=O) groups excluding carboxylic acids is 1. The zero-order valence-corrected chi connectivity index (χ0v) is 14.9. The van der Waals surface area contributed by atoms with Crippen molar-refractivity contribution in [3.8, 4) is 17.6 Å². The summed E-state index contributed by atoms with van der Waals surface area (Å²) in [6.07, 6.45) is 0. The van der Waals surface area contributed by atoms with E-state index in [0.717, 1.165) is 5.56 Å². The van der Waals surface area contributed by atoms with Crippen molar-refractivity contribution >= 4 is 11.6 Å². The lowest BCUT2D eigenvalue weighted by atomic mass is 9.87. The van der Waals surface area contributed by atoms with E-state index in [1.807, 2.05) is 26.0 Å². The predicted molar refractivity (Wildman–Crippen MR) is 96.9 cm³/mol. The first-order valence-electron chi connectivity index (χ1n) is 8.03. The molecule has 5 nitrogen and oxygen atoms in total. The van der Waals surface area contributed by atoms with E-state index in [9.17, 15) is 10.1 Å². The maximum atomic E-state index is 12.9. The molecule has 1 N–H and O–H groups in total. The first-order valence-corrected chi connectivity index (χ1v) is 8.03. The summed E-state index contributed by atoms with van der Waals surface area (Å²) in [6.45, 7) is 3.97. The summed E-state index contributed by atoms with van der Waals surface area (Å²) in [5, 5.41) is 12.1. The summed E-state index contributed by atoms with van der Waals surface area (Å²) >= 11 is 0. The Bertz CT molecular complexity index is 794. The fourth-order valence-electron chi connectivity index (χ4n) is 2.79. The monoisotopic (exact) mass is 338 g/mol. The lowest BCUT2D eigenvalue weighted by Crippen LogP contribution is -2.25. The minimum Gasteiger partial charge on any atom is -0.493 e. The van der Waals surface area contributed by atoms with Gasteiger partial charge in [0.2, 0.25) is 5.91 Å². The van der Waals surface area contributed by atoms with E-state index in [1.54, 1.807) is 44.6 Å². The van der Waals surface area contributed by atoms with Crippen molar-refractivity contribution in [3.63, 3.8) is 0 Å². The van der Waals surface area contributed by atoms with Crippen LogP contribution >= 0.6 is 0 Å². The molecule has 0 heterocycles. The Morgan fingerprint density at radius 1 is 1.08 bits per heavy atom. The summed E-state index contributed by atoms with van der Waals surface area (Å²) in [4.78, 5) is 12.9. The fraction of sp³-hybridized carbons (Fsp3) is 0.300. The quantitative estimate of drug-likeness (QED) is 0.865. The topological polar surface area (TPSA) is 71.3 Å². The molecule has 2 aromatic carbocycles. The third-order valence-electron chi connectivity index (χ3n) is 4.02. The number of amides is 1. The number of nitriles is 1. The predicted octanol–water partition coefficient (Wildman–Crippen LogP) is 3.95. The van der Waals surface area contributed by atoms with Gasteiger partial charge in [0.1, 0.15) is 6.07 Å². The number of ether oxygens (including phenoxy) is 2. The number of hydrogen-bond donors (Lipinski definition) is 1. The van der Waals surface area contributed by atoms with Gasteiger partial charge in [-0.1, -0.05) is 32.0 Å². The molecule has 1 amide bonds. The Hall–Kier alpha value is -3.00.